The second kappa shape index (κ2) is 8.27. The molecule has 2 aliphatic heterocycles. The molecule has 5 rings (SSSR count). The Bertz CT molecular complexity index is 1140. The molecule has 2 aromatic rings. The van der Waals surface area contributed by atoms with Gasteiger partial charge in [0.05, 0.1) is 12.7 Å². The third kappa shape index (κ3) is 3.61. The molecule has 0 saturated carbocycles. The fourth-order valence-electron chi connectivity index (χ4n) is 4.80. The van der Waals surface area contributed by atoms with Crippen molar-refractivity contribution in [3.05, 3.63) is 71.4 Å². The number of esters is 2. The van der Waals surface area contributed by atoms with Crippen molar-refractivity contribution < 1.29 is 33.3 Å². The number of amides is 1. The highest BCUT2D eigenvalue weighted by atomic mass is 16.7. The third-order valence-corrected chi connectivity index (χ3v) is 6.42. The number of hydrogen-bond acceptors (Lipinski definition) is 7. The molecule has 2 heterocycles. The van der Waals surface area contributed by atoms with Gasteiger partial charge in [-0.05, 0) is 36.8 Å². The summed E-state index contributed by atoms with van der Waals surface area (Å²) in [7, 11) is 1.33. The molecule has 0 unspecified atom stereocenters. The SMILES string of the molecule is COC(=O)[C@]12CCN(C(=O)c3ccc4c(c3)OCO4)C1=CC[C@@H](OC(=O)c1ccccc1)C2. The maximum Gasteiger partial charge on any atom is 0.338 e. The maximum absolute atomic E-state index is 13.4. The van der Waals surface area contributed by atoms with Crippen LogP contribution in [-0.4, -0.2) is 49.3 Å². The van der Waals surface area contributed by atoms with E-state index >= 15 is 0 Å². The van der Waals surface area contributed by atoms with E-state index in [-0.39, 0.29) is 19.1 Å². The van der Waals surface area contributed by atoms with Crippen LogP contribution < -0.4 is 9.47 Å². The van der Waals surface area contributed by atoms with Crippen molar-refractivity contribution in [3.63, 3.8) is 0 Å². The number of hydrogen-bond donors (Lipinski definition) is 0. The minimum absolute atomic E-state index is 0.121. The molecule has 8 nitrogen and oxygen atoms in total. The van der Waals surface area contributed by atoms with Gasteiger partial charge in [-0.1, -0.05) is 24.3 Å². The lowest BCUT2D eigenvalue weighted by Crippen LogP contribution is -2.42. The first kappa shape index (κ1) is 21.1. The molecule has 2 aromatic carbocycles. The summed E-state index contributed by atoms with van der Waals surface area (Å²) in [6, 6.07) is 13.8. The van der Waals surface area contributed by atoms with Gasteiger partial charge in [-0.3, -0.25) is 9.59 Å². The largest absolute Gasteiger partial charge is 0.468 e. The van der Waals surface area contributed by atoms with E-state index < -0.39 is 23.5 Å². The Balaban J connectivity index is 1.40. The molecule has 0 N–H and O–H groups in total. The highest BCUT2D eigenvalue weighted by molar-refractivity contribution is 5.98. The van der Waals surface area contributed by atoms with E-state index in [1.165, 1.54) is 7.11 Å². The molecule has 1 saturated heterocycles. The molecule has 1 aliphatic carbocycles. The van der Waals surface area contributed by atoms with Crippen LogP contribution in [0.1, 0.15) is 40.0 Å². The molecule has 0 spiro atoms. The fourth-order valence-corrected chi connectivity index (χ4v) is 4.80. The zero-order valence-electron chi connectivity index (χ0n) is 18.1. The smallest absolute Gasteiger partial charge is 0.338 e. The van der Waals surface area contributed by atoms with Crippen molar-refractivity contribution >= 4 is 17.8 Å². The van der Waals surface area contributed by atoms with Gasteiger partial charge < -0.3 is 23.8 Å². The molecule has 1 fully saturated rings. The van der Waals surface area contributed by atoms with Crippen molar-refractivity contribution in [2.75, 3.05) is 20.4 Å². The predicted molar refractivity (Wildman–Crippen MR) is 116 cm³/mol. The summed E-state index contributed by atoms with van der Waals surface area (Å²) in [5, 5.41) is 0. The number of nitrogens with zero attached hydrogens (tertiary/aromatic N) is 1. The van der Waals surface area contributed by atoms with Crippen LogP contribution in [-0.2, 0) is 14.3 Å². The number of rotatable bonds is 4. The monoisotopic (exact) mass is 449 g/mol. The molecular formula is C25H23NO7. The van der Waals surface area contributed by atoms with Crippen LogP contribution in [0.3, 0.4) is 0 Å². The van der Waals surface area contributed by atoms with E-state index in [1.54, 1.807) is 47.4 Å². The second-order valence-corrected chi connectivity index (χ2v) is 8.27. The number of benzene rings is 2. The first-order chi connectivity index (χ1) is 16.0. The third-order valence-electron chi connectivity index (χ3n) is 6.42. The summed E-state index contributed by atoms with van der Waals surface area (Å²) in [5.41, 5.74) is 0.452. The number of fused-ring (bicyclic) bond motifs is 2. The van der Waals surface area contributed by atoms with Gasteiger partial charge >= 0.3 is 11.9 Å². The van der Waals surface area contributed by atoms with Crippen LogP contribution in [0, 0.1) is 5.41 Å². The zero-order chi connectivity index (χ0) is 23.0. The van der Waals surface area contributed by atoms with E-state index in [9.17, 15) is 14.4 Å². The molecule has 1 amide bonds. The molecule has 170 valence electrons. The first-order valence-electron chi connectivity index (χ1n) is 10.8. The van der Waals surface area contributed by atoms with Crippen molar-refractivity contribution in [1.29, 1.82) is 0 Å². The van der Waals surface area contributed by atoms with Crippen LogP contribution in [0.4, 0.5) is 0 Å². The Morgan fingerprint density at radius 3 is 2.61 bits per heavy atom. The minimum atomic E-state index is -1.04. The van der Waals surface area contributed by atoms with Gasteiger partial charge in [0.25, 0.3) is 5.91 Å². The standard InChI is InChI=1S/C25H23NO7/c1-30-24(29)25-11-12-26(22(27)17-7-9-19-20(13-17)32-15-31-19)21(25)10-8-18(14-25)33-23(28)16-5-3-2-4-6-16/h2-7,9-10,13,18H,8,11-12,14-15H2,1H3/t18-,25+/m1/s1. The van der Waals surface area contributed by atoms with E-state index in [2.05, 4.69) is 0 Å². The first-order valence-corrected chi connectivity index (χ1v) is 10.8. The van der Waals surface area contributed by atoms with E-state index in [0.717, 1.165) is 0 Å². The Kier molecular flexibility index (Phi) is 5.28. The second-order valence-electron chi connectivity index (χ2n) is 8.27. The van der Waals surface area contributed by atoms with Crippen LogP contribution >= 0.6 is 0 Å². The average molecular weight is 449 g/mol. The number of carbonyl (C=O) groups excluding carboxylic acids is 3. The van der Waals surface area contributed by atoms with E-state index in [4.69, 9.17) is 18.9 Å². The summed E-state index contributed by atoms with van der Waals surface area (Å²) in [4.78, 5) is 40.5. The quantitative estimate of drug-likeness (QED) is 0.662. The van der Waals surface area contributed by atoms with Crippen LogP contribution in [0.15, 0.2) is 60.3 Å². The molecule has 33 heavy (non-hydrogen) atoms. The number of carbonyl (C=O) groups is 3. The summed E-state index contributed by atoms with van der Waals surface area (Å²) >= 11 is 0. The van der Waals surface area contributed by atoms with Gasteiger partial charge in [0, 0.05) is 30.6 Å². The van der Waals surface area contributed by atoms with Crippen LogP contribution in [0.2, 0.25) is 0 Å². The van der Waals surface area contributed by atoms with Gasteiger partial charge in [0.2, 0.25) is 6.79 Å². The van der Waals surface area contributed by atoms with Crippen molar-refractivity contribution in [2.45, 2.75) is 25.4 Å². The molecule has 2 atom stereocenters. The topological polar surface area (TPSA) is 91.4 Å². The molecule has 0 aromatic heterocycles. The number of likely N-dealkylation sites (tertiary alicyclic amines) is 1. The van der Waals surface area contributed by atoms with E-state index in [0.29, 0.717) is 47.7 Å². The van der Waals surface area contributed by atoms with Crippen LogP contribution in [0.25, 0.3) is 0 Å². The summed E-state index contributed by atoms with van der Waals surface area (Å²) in [6.45, 7) is 0.476. The van der Waals surface area contributed by atoms with Crippen molar-refractivity contribution in [1.82, 2.24) is 4.90 Å². The highest BCUT2D eigenvalue weighted by Gasteiger charge is 2.54. The summed E-state index contributed by atoms with van der Waals surface area (Å²) < 4.78 is 21.6. The van der Waals surface area contributed by atoms with Crippen molar-refractivity contribution in [2.24, 2.45) is 5.41 Å². The number of ether oxygens (including phenoxy) is 4. The average Bonchev–Trinajstić information content (AvgIpc) is 3.48. The van der Waals surface area contributed by atoms with E-state index in [1.807, 2.05) is 12.1 Å². The summed E-state index contributed by atoms with van der Waals surface area (Å²) in [6.07, 6.45) is 2.37. The highest BCUT2D eigenvalue weighted by Crippen LogP contribution is 2.49. The Hall–Kier alpha value is -3.81. The van der Waals surface area contributed by atoms with Gasteiger partial charge in [-0.2, -0.15) is 0 Å². The Morgan fingerprint density at radius 1 is 1.03 bits per heavy atom. The lowest BCUT2D eigenvalue weighted by atomic mass is 9.74. The Labute approximate surface area is 190 Å². The van der Waals surface area contributed by atoms with Gasteiger partial charge in [0.1, 0.15) is 11.5 Å². The molecule has 8 heteroatoms. The van der Waals surface area contributed by atoms with Crippen molar-refractivity contribution in [3.8, 4) is 11.5 Å². The molecule has 3 aliphatic rings. The summed E-state index contributed by atoms with van der Waals surface area (Å²) in [5.74, 6) is 0.00522. The predicted octanol–water partition coefficient (Wildman–Crippen LogP) is 3.32. The van der Waals surface area contributed by atoms with Crippen LogP contribution in [0.5, 0.6) is 11.5 Å². The van der Waals surface area contributed by atoms with Gasteiger partial charge in [0.15, 0.2) is 11.5 Å². The maximum atomic E-state index is 13.4. The normalized spacial score (nSPS) is 22.9. The zero-order valence-corrected chi connectivity index (χ0v) is 18.1. The molecular weight excluding hydrogens is 426 g/mol. The Morgan fingerprint density at radius 2 is 1.82 bits per heavy atom. The molecule has 0 radical (unpaired) electrons. The fraction of sp³-hybridized carbons (Fsp3) is 0.320. The van der Waals surface area contributed by atoms with Gasteiger partial charge in [-0.15, -0.1) is 0 Å². The lowest BCUT2D eigenvalue weighted by Gasteiger charge is -2.36. The molecule has 0 bridgehead atoms. The lowest BCUT2D eigenvalue weighted by molar-refractivity contribution is -0.152. The van der Waals surface area contributed by atoms with Gasteiger partial charge in [-0.25, -0.2) is 4.79 Å². The minimum Gasteiger partial charge on any atom is -0.468 e. The number of methoxy groups -OCH3 is 1.